The van der Waals surface area contributed by atoms with E-state index in [2.05, 4.69) is 17.0 Å². The number of hydrogen-bond donors (Lipinski definition) is 0. The maximum absolute atomic E-state index is 13.8. The fraction of sp³-hybridized carbons (Fsp3) is 0.250. The first kappa shape index (κ1) is 14.0. The lowest BCUT2D eigenvalue weighted by Gasteiger charge is -2.10. The highest BCUT2D eigenvalue weighted by atomic mass is 35.5. The summed E-state index contributed by atoms with van der Waals surface area (Å²) in [5.74, 6) is -0.234. The van der Waals surface area contributed by atoms with Crippen LogP contribution in [0.15, 0.2) is 30.5 Å². The molecule has 3 nitrogen and oxygen atoms in total. The fourth-order valence-electron chi connectivity index (χ4n) is 2.42. The minimum Gasteiger partial charge on any atom is -0.233 e. The predicted molar refractivity (Wildman–Crippen MR) is 81.3 cm³/mol. The van der Waals surface area contributed by atoms with Crippen LogP contribution in [0, 0.1) is 12.7 Å². The minimum absolute atomic E-state index is 0.234. The number of aryl methyl sites for hydroxylation is 2. The van der Waals surface area contributed by atoms with Crippen LogP contribution in [0.4, 0.5) is 4.39 Å². The molecule has 0 atom stereocenters. The van der Waals surface area contributed by atoms with E-state index in [0.717, 1.165) is 28.9 Å². The smallest absolute Gasteiger partial charge is 0.160 e. The van der Waals surface area contributed by atoms with Crippen LogP contribution in [0.25, 0.3) is 5.65 Å². The van der Waals surface area contributed by atoms with Crippen LogP contribution in [-0.2, 0) is 12.8 Å². The molecular weight excluding hydrogens is 289 g/mol. The van der Waals surface area contributed by atoms with Crippen LogP contribution in [0.5, 0.6) is 0 Å². The molecule has 2 heterocycles. The normalized spacial score (nSPS) is 11.2. The van der Waals surface area contributed by atoms with Gasteiger partial charge >= 0.3 is 0 Å². The van der Waals surface area contributed by atoms with Gasteiger partial charge in [0.1, 0.15) is 11.0 Å². The van der Waals surface area contributed by atoms with Crippen LogP contribution in [0.3, 0.4) is 0 Å². The van der Waals surface area contributed by atoms with Crippen molar-refractivity contribution in [1.82, 2.24) is 14.6 Å². The summed E-state index contributed by atoms with van der Waals surface area (Å²) in [7, 11) is 0. The third-order valence-electron chi connectivity index (χ3n) is 3.67. The highest BCUT2D eigenvalue weighted by Crippen LogP contribution is 2.25. The summed E-state index contributed by atoms with van der Waals surface area (Å²) in [4.78, 5) is 4.59. The van der Waals surface area contributed by atoms with Gasteiger partial charge in [-0.2, -0.15) is 5.10 Å². The molecule has 108 valence electrons. The average Bonchev–Trinajstić information content (AvgIpc) is 2.88. The molecule has 0 aliphatic heterocycles. The van der Waals surface area contributed by atoms with Crippen LogP contribution in [-0.4, -0.2) is 14.6 Å². The predicted octanol–water partition coefficient (Wildman–Crippen LogP) is 3.98. The Morgan fingerprint density at radius 3 is 2.71 bits per heavy atom. The number of nitrogens with zero attached hydrogens (tertiary/aromatic N) is 3. The molecule has 3 aromatic rings. The summed E-state index contributed by atoms with van der Waals surface area (Å²) in [6.07, 6.45) is 3.03. The van der Waals surface area contributed by atoms with Gasteiger partial charge in [-0.3, -0.25) is 0 Å². The second-order valence-electron chi connectivity index (χ2n) is 4.99. The van der Waals surface area contributed by atoms with Crippen molar-refractivity contribution in [3.05, 3.63) is 63.8 Å². The lowest BCUT2D eigenvalue weighted by Crippen LogP contribution is -2.04. The molecule has 1 aromatic carbocycles. The van der Waals surface area contributed by atoms with Crippen molar-refractivity contribution >= 4 is 17.2 Å². The standard InChI is InChI=1S/C16H15ClFN3/c1-3-11-9-19-21-15(17)13(10(2)20-16(11)21)8-12-6-4-5-7-14(12)18/h4-7,9H,3,8H2,1-2H3. The van der Waals surface area contributed by atoms with E-state index in [9.17, 15) is 4.39 Å². The van der Waals surface area contributed by atoms with Crippen molar-refractivity contribution in [1.29, 1.82) is 0 Å². The molecule has 0 radical (unpaired) electrons. The van der Waals surface area contributed by atoms with E-state index in [1.807, 2.05) is 13.0 Å². The van der Waals surface area contributed by atoms with Crippen molar-refractivity contribution in [3.8, 4) is 0 Å². The monoisotopic (exact) mass is 303 g/mol. The molecule has 5 heteroatoms. The summed E-state index contributed by atoms with van der Waals surface area (Å²) in [5, 5.41) is 4.78. The number of benzene rings is 1. The number of hydrogen-bond acceptors (Lipinski definition) is 2. The molecule has 21 heavy (non-hydrogen) atoms. The van der Waals surface area contributed by atoms with Crippen LogP contribution < -0.4 is 0 Å². The summed E-state index contributed by atoms with van der Waals surface area (Å²) >= 11 is 6.46. The van der Waals surface area contributed by atoms with Crippen molar-refractivity contribution < 1.29 is 4.39 Å². The van der Waals surface area contributed by atoms with Crippen LogP contribution >= 0.6 is 11.6 Å². The number of halogens is 2. The Morgan fingerprint density at radius 2 is 2.00 bits per heavy atom. The van der Waals surface area contributed by atoms with Gasteiger partial charge in [0.25, 0.3) is 0 Å². The topological polar surface area (TPSA) is 30.2 Å². The third kappa shape index (κ3) is 2.40. The highest BCUT2D eigenvalue weighted by Gasteiger charge is 2.15. The lowest BCUT2D eigenvalue weighted by atomic mass is 10.0. The van der Waals surface area contributed by atoms with Crippen LogP contribution in [0.2, 0.25) is 5.15 Å². The van der Waals surface area contributed by atoms with E-state index in [1.54, 1.807) is 22.8 Å². The van der Waals surface area contributed by atoms with Crippen molar-refractivity contribution in [2.24, 2.45) is 0 Å². The van der Waals surface area contributed by atoms with Gasteiger partial charge in [-0.1, -0.05) is 36.7 Å². The molecule has 0 spiro atoms. The fourth-order valence-corrected chi connectivity index (χ4v) is 2.75. The molecule has 0 saturated carbocycles. The summed E-state index contributed by atoms with van der Waals surface area (Å²) < 4.78 is 15.5. The molecule has 0 fully saturated rings. The van der Waals surface area contributed by atoms with Gasteiger partial charge in [0, 0.05) is 23.2 Å². The first-order chi connectivity index (χ1) is 10.1. The largest absolute Gasteiger partial charge is 0.233 e. The first-order valence-electron chi connectivity index (χ1n) is 6.86. The maximum Gasteiger partial charge on any atom is 0.160 e. The Bertz CT molecular complexity index is 811. The van der Waals surface area contributed by atoms with E-state index < -0.39 is 0 Å². The molecule has 0 bridgehead atoms. The zero-order valence-electron chi connectivity index (χ0n) is 11.9. The summed E-state index contributed by atoms with van der Waals surface area (Å²) in [6.45, 7) is 3.95. The van der Waals surface area contributed by atoms with E-state index in [-0.39, 0.29) is 5.82 Å². The van der Waals surface area contributed by atoms with Crippen molar-refractivity contribution in [3.63, 3.8) is 0 Å². The Morgan fingerprint density at radius 1 is 1.24 bits per heavy atom. The van der Waals surface area contributed by atoms with Crippen molar-refractivity contribution in [2.45, 2.75) is 26.7 Å². The second kappa shape index (κ2) is 5.45. The SMILES string of the molecule is CCc1cnn2c(Cl)c(Cc3ccccc3F)c(C)nc12. The Labute approximate surface area is 127 Å². The van der Waals surface area contributed by atoms with Gasteiger partial charge in [0.2, 0.25) is 0 Å². The van der Waals surface area contributed by atoms with E-state index in [1.165, 1.54) is 6.07 Å². The second-order valence-corrected chi connectivity index (χ2v) is 5.35. The molecular formula is C16H15ClFN3. The molecule has 0 unspecified atom stereocenters. The zero-order chi connectivity index (χ0) is 15.0. The highest BCUT2D eigenvalue weighted by molar-refractivity contribution is 6.30. The summed E-state index contributed by atoms with van der Waals surface area (Å²) in [5.41, 5.74) is 4.05. The molecule has 0 aliphatic carbocycles. The lowest BCUT2D eigenvalue weighted by molar-refractivity contribution is 0.613. The van der Waals surface area contributed by atoms with E-state index in [0.29, 0.717) is 17.1 Å². The van der Waals surface area contributed by atoms with Gasteiger partial charge < -0.3 is 0 Å². The van der Waals surface area contributed by atoms with Crippen molar-refractivity contribution in [2.75, 3.05) is 0 Å². The molecule has 0 N–H and O–H groups in total. The Hall–Kier alpha value is -1.94. The summed E-state index contributed by atoms with van der Waals surface area (Å²) in [6, 6.07) is 6.70. The Balaban J connectivity index is 2.13. The Kier molecular flexibility index (Phi) is 3.64. The number of rotatable bonds is 3. The van der Waals surface area contributed by atoms with Gasteiger partial charge in [0.15, 0.2) is 5.65 Å². The van der Waals surface area contributed by atoms with E-state index >= 15 is 0 Å². The first-order valence-corrected chi connectivity index (χ1v) is 7.24. The molecule has 0 aliphatic rings. The van der Waals surface area contributed by atoms with Crippen LogP contribution in [0.1, 0.15) is 29.3 Å². The van der Waals surface area contributed by atoms with Gasteiger partial charge in [-0.05, 0) is 25.0 Å². The number of aromatic nitrogens is 3. The average molecular weight is 304 g/mol. The number of fused-ring (bicyclic) bond motifs is 1. The minimum atomic E-state index is -0.234. The molecule has 2 aromatic heterocycles. The van der Waals surface area contributed by atoms with E-state index in [4.69, 9.17) is 11.6 Å². The third-order valence-corrected chi connectivity index (χ3v) is 4.06. The maximum atomic E-state index is 13.8. The zero-order valence-corrected chi connectivity index (χ0v) is 12.7. The molecule has 3 rings (SSSR count). The van der Waals surface area contributed by atoms with Gasteiger partial charge in [0.05, 0.1) is 6.20 Å². The van der Waals surface area contributed by atoms with Gasteiger partial charge in [-0.15, -0.1) is 0 Å². The quantitative estimate of drug-likeness (QED) is 0.685. The van der Waals surface area contributed by atoms with Gasteiger partial charge in [-0.25, -0.2) is 13.9 Å². The molecule has 0 amide bonds. The molecule has 0 saturated heterocycles.